The SMILES string of the molecule is Cc1c(CNC/C(N)=N/O)cccc1[N+](=O)[O-]. The number of amidine groups is 1. The zero-order valence-corrected chi connectivity index (χ0v) is 9.38. The largest absolute Gasteiger partial charge is 0.409 e. The van der Waals surface area contributed by atoms with Crippen molar-refractivity contribution in [3.8, 4) is 0 Å². The van der Waals surface area contributed by atoms with Crippen molar-refractivity contribution in [3.63, 3.8) is 0 Å². The molecule has 0 atom stereocenters. The summed E-state index contributed by atoms with van der Waals surface area (Å²) in [4.78, 5) is 10.3. The fourth-order valence-electron chi connectivity index (χ4n) is 1.42. The van der Waals surface area contributed by atoms with Crippen LogP contribution in [-0.2, 0) is 6.54 Å². The van der Waals surface area contributed by atoms with Crippen LogP contribution < -0.4 is 11.1 Å². The molecule has 0 heterocycles. The van der Waals surface area contributed by atoms with E-state index in [2.05, 4.69) is 10.5 Å². The van der Waals surface area contributed by atoms with Crippen molar-refractivity contribution in [3.05, 3.63) is 39.4 Å². The van der Waals surface area contributed by atoms with E-state index in [0.29, 0.717) is 12.1 Å². The van der Waals surface area contributed by atoms with E-state index < -0.39 is 4.92 Å². The molecule has 7 nitrogen and oxygen atoms in total. The Balaban J connectivity index is 2.72. The number of nitro benzene ring substituents is 1. The van der Waals surface area contributed by atoms with Gasteiger partial charge in [-0.25, -0.2) is 0 Å². The highest BCUT2D eigenvalue weighted by Crippen LogP contribution is 2.20. The molecule has 1 aromatic carbocycles. The molecular weight excluding hydrogens is 224 g/mol. The molecule has 1 rings (SSSR count). The molecule has 0 unspecified atom stereocenters. The van der Waals surface area contributed by atoms with E-state index in [1.54, 1.807) is 19.1 Å². The molecule has 4 N–H and O–H groups in total. The van der Waals surface area contributed by atoms with Crippen LogP contribution in [0.2, 0.25) is 0 Å². The van der Waals surface area contributed by atoms with Crippen molar-refractivity contribution in [2.45, 2.75) is 13.5 Å². The van der Waals surface area contributed by atoms with Gasteiger partial charge in [0.1, 0.15) is 0 Å². The van der Waals surface area contributed by atoms with Crippen LogP contribution in [0, 0.1) is 17.0 Å². The fourth-order valence-corrected chi connectivity index (χ4v) is 1.42. The molecule has 1 aromatic rings. The molecule has 0 bridgehead atoms. The second kappa shape index (κ2) is 5.80. The van der Waals surface area contributed by atoms with Gasteiger partial charge in [-0.2, -0.15) is 0 Å². The molecule has 0 spiro atoms. The van der Waals surface area contributed by atoms with Crippen LogP contribution in [0.25, 0.3) is 0 Å². The average molecular weight is 238 g/mol. The average Bonchev–Trinajstić information content (AvgIpc) is 2.30. The van der Waals surface area contributed by atoms with Gasteiger partial charge in [0.15, 0.2) is 5.84 Å². The molecule has 0 fully saturated rings. The number of benzene rings is 1. The van der Waals surface area contributed by atoms with Crippen LogP contribution in [0.3, 0.4) is 0 Å². The highest BCUT2D eigenvalue weighted by atomic mass is 16.6. The molecule has 0 saturated carbocycles. The third-order valence-corrected chi connectivity index (χ3v) is 2.36. The van der Waals surface area contributed by atoms with Gasteiger partial charge < -0.3 is 16.3 Å². The number of rotatable bonds is 5. The van der Waals surface area contributed by atoms with Gasteiger partial charge in [-0.15, -0.1) is 0 Å². The van der Waals surface area contributed by atoms with E-state index in [1.807, 2.05) is 0 Å². The van der Waals surface area contributed by atoms with Gasteiger partial charge in [-0.05, 0) is 12.5 Å². The minimum absolute atomic E-state index is 0.0630. The lowest BCUT2D eigenvalue weighted by molar-refractivity contribution is -0.385. The summed E-state index contributed by atoms with van der Waals surface area (Å²) in [7, 11) is 0. The van der Waals surface area contributed by atoms with Crippen LogP contribution in [0.15, 0.2) is 23.4 Å². The molecule has 17 heavy (non-hydrogen) atoms. The quantitative estimate of drug-likeness (QED) is 0.230. The Labute approximate surface area is 98.1 Å². The fraction of sp³-hybridized carbons (Fsp3) is 0.300. The number of hydrogen-bond donors (Lipinski definition) is 3. The van der Waals surface area contributed by atoms with E-state index in [4.69, 9.17) is 10.9 Å². The predicted octanol–water partition coefficient (Wildman–Crippen LogP) is 0.739. The van der Waals surface area contributed by atoms with Gasteiger partial charge in [0.05, 0.1) is 11.5 Å². The summed E-state index contributed by atoms with van der Waals surface area (Å²) in [6.45, 7) is 2.33. The molecule has 0 aliphatic carbocycles. The molecular formula is C10H14N4O3. The highest BCUT2D eigenvalue weighted by Gasteiger charge is 2.12. The van der Waals surface area contributed by atoms with Crippen LogP contribution in [0.1, 0.15) is 11.1 Å². The van der Waals surface area contributed by atoms with Crippen molar-refractivity contribution < 1.29 is 10.1 Å². The smallest absolute Gasteiger partial charge is 0.272 e. The summed E-state index contributed by atoms with van der Waals surface area (Å²) < 4.78 is 0. The summed E-state index contributed by atoms with van der Waals surface area (Å²) in [5, 5.41) is 24.8. The van der Waals surface area contributed by atoms with Gasteiger partial charge in [-0.3, -0.25) is 10.1 Å². The van der Waals surface area contributed by atoms with E-state index >= 15 is 0 Å². The lowest BCUT2D eigenvalue weighted by Crippen LogP contribution is -2.28. The summed E-state index contributed by atoms with van der Waals surface area (Å²) >= 11 is 0. The Hall–Kier alpha value is -2.15. The van der Waals surface area contributed by atoms with Crippen molar-refractivity contribution in [2.75, 3.05) is 6.54 Å². The number of nitrogens with two attached hydrogens (primary N) is 1. The summed E-state index contributed by atoms with van der Waals surface area (Å²) in [5.41, 5.74) is 6.80. The molecule has 0 aliphatic heterocycles. The van der Waals surface area contributed by atoms with Crippen LogP contribution in [0.5, 0.6) is 0 Å². The first-order valence-corrected chi connectivity index (χ1v) is 4.96. The first-order chi connectivity index (χ1) is 8.06. The summed E-state index contributed by atoms with van der Waals surface area (Å²) in [6, 6.07) is 4.88. The normalized spacial score (nSPS) is 11.5. The molecule has 0 amide bonds. The lowest BCUT2D eigenvalue weighted by Gasteiger charge is -2.07. The maximum absolute atomic E-state index is 10.7. The molecule has 7 heteroatoms. The maximum atomic E-state index is 10.7. The Morgan fingerprint density at radius 2 is 2.35 bits per heavy atom. The van der Waals surface area contributed by atoms with Gasteiger partial charge in [0.2, 0.25) is 0 Å². The number of oxime groups is 1. The number of nitrogens with zero attached hydrogens (tertiary/aromatic N) is 2. The molecule has 0 radical (unpaired) electrons. The molecule has 0 aliphatic rings. The second-order valence-electron chi connectivity index (χ2n) is 3.51. The van der Waals surface area contributed by atoms with Crippen molar-refractivity contribution >= 4 is 11.5 Å². The maximum Gasteiger partial charge on any atom is 0.272 e. The van der Waals surface area contributed by atoms with Gasteiger partial charge >= 0.3 is 0 Å². The van der Waals surface area contributed by atoms with E-state index in [9.17, 15) is 10.1 Å². The third-order valence-electron chi connectivity index (χ3n) is 2.36. The van der Waals surface area contributed by atoms with Crippen LogP contribution in [0.4, 0.5) is 5.69 Å². The molecule has 92 valence electrons. The number of hydrogen-bond acceptors (Lipinski definition) is 5. The second-order valence-corrected chi connectivity index (χ2v) is 3.51. The molecule has 0 saturated heterocycles. The van der Waals surface area contributed by atoms with Crippen molar-refractivity contribution in [1.82, 2.24) is 5.32 Å². The Bertz CT molecular complexity index is 445. The zero-order chi connectivity index (χ0) is 12.8. The standard InChI is InChI=1S/C10H14N4O3/c1-7-8(5-12-6-10(11)13-15)3-2-4-9(7)14(16)17/h2-4,12,15H,5-6H2,1H3,(H2,11,13). The lowest BCUT2D eigenvalue weighted by atomic mass is 10.1. The minimum atomic E-state index is -0.414. The first kappa shape index (κ1) is 12.9. The predicted molar refractivity (Wildman–Crippen MR) is 62.9 cm³/mol. The number of nitro groups is 1. The van der Waals surface area contributed by atoms with Crippen LogP contribution >= 0.6 is 0 Å². The highest BCUT2D eigenvalue weighted by molar-refractivity contribution is 5.81. The van der Waals surface area contributed by atoms with Crippen molar-refractivity contribution in [1.29, 1.82) is 0 Å². The van der Waals surface area contributed by atoms with Gasteiger partial charge in [0.25, 0.3) is 5.69 Å². The minimum Gasteiger partial charge on any atom is -0.409 e. The van der Waals surface area contributed by atoms with Crippen molar-refractivity contribution in [2.24, 2.45) is 10.9 Å². The Morgan fingerprint density at radius 3 is 2.94 bits per heavy atom. The summed E-state index contributed by atoms with van der Waals surface area (Å²) in [6.07, 6.45) is 0. The topological polar surface area (TPSA) is 114 Å². The Kier molecular flexibility index (Phi) is 4.41. The van der Waals surface area contributed by atoms with Gasteiger partial charge in [0, 0.05) is 18.2 Å². The zero-order valence-electron chi connectivity index (χ0n) is 9.38. The van der Waals surface area contributed by atoms with E-state index in [0.717, 1.165) is 5.56 Å². The van der Waals surface area contributed by atoms with E-state index in [1.165, 1.54) is 6.07 Å². The van der Waals surface area contributed by atoms with Crippen LogP contribution in [-0.4, -0.2) is 22.5 Å². The monoisotopic (exact) mass is 238 g/mol. The first-order valence-electron chi connectivity index (χ1n) is 4.96. The molecule has 0 aromatic heterocycles. The Morgan fingerprint density at radius 1 is 1.65 bits per heavy atom. The number of nitrogens with one attached hydrogen (secondary N) is 1. The third kappa shape index (κ3) is 3.42. The summed E-state index contributed by atoms with van der Waals surface area (Å²) in [5.74, 6) is 0.0630. The van der Waals surface area contributed by atoms with Gasteiger partial charge in [-0.1, -0.05) is 17.3 Å². The van der Waals surface area contributed by atoms with E-state index in [-0.39, 0.29) is 18.1 Å².